The van der Waals surface area contributed by atoms with E-state index >= 15 is 4.79 Å². The zero-order valence-electron chi connectivity index (χ0n) is 39.3. The molecule has 2 N–H and O–H groups in total. The number of carbonyl (C=O) groups is 1. The van der Waals surface area contributed by atoms with Crippen LogP contribution in [0.4, 0.5) is 0 Å². The second-order valence-corrected chi connectivity index (χ2v) is 19.1. The van der Waals surface area contributed by atoms with Crippen LogP contribution < -0.4 is 18.9 Å². The number of unbranched alkanes of at least 4 members (excludes halogenated alkanes) is 2. The Morgan fingerprint density at radius 2 is 1.63 bits per heavy atom. The van der Waals surface area contributed by atoms with Crippen LogP contribution in [0.25, 0.3) is 0 Å². The molecule has 2 heterocycles. The van der Waals surface area contributed by atoms with E-state index in [0.29, 0.717) is 52.7 Å². The molecule has 12 heteroatoms. The van der Waals surface area contributed by atoms with E-state index in [0.717, 1.165) is 53.7 Å². The molecule has 6 unspecified atom stereocenters. The minimum Gasteiger partial charge on any atom is -0.459 e. The third-order valence-electron chi connectivity index (χ3n) is 13.5. The summed E-state index contributed by atoms with van der Waals surface area (Å²) in [6, 6.07) is 25.8. The molecule has 1 amide bonds. The third-order valence-corrected chi connectivity index (χ3v) is 13.5. The van der Waals surface area contributed by atoms with Crippen molar-refractivity contribution in [3.05, 3.63) is 137 Å². The van der Waals surface area contributed by atoms with Crippen LogP contribution in [0.5, 0.6) is 28.7 Å². The summed E-state index contributed by atoms with van der Waals surface area (Å²) >= 11 is 0. The van der Waals surface area contributed by atoms with Crippen LogP contribution in [0.3, 0.4) is 0 Å². The first-order valence-electron chi connectivity index (χ1n) is 23.6. The van der Waals surface area contributed by atoms with E-state index in [1.165, 1.54) is 5.56 Å². The van der Waals surface area contributed by atoms with Crippen LogP contribution in [0.1, 0.15) is 110 Å². The monoisotopic (exact) mass is 909 g/mol. The van der Waals surface area contributed by atoms with Gasteiger partial charge in [0.05, 0.1) is 29.9 Å². The molecule has 2 aliphatic carbocycles. The minimum absolute atomic E-state index is 0.0188. The van der Waals surface area contributed by atoms with Crippen molar-refractivity contribution in [1.29, 1.82) is 5.26 Å². The Labute approximate surface area is 394 Å². The SMILES string of the molecule is C=CCOC12Oc3ccc(Oc4ccc(C)c(C)c4)cc3C3C(CCCCO)C(CCCCO)C=C(C(=NOC(C)(C)C)CC1N(Cc1ccc4c(c1)OCO4)C(=O)c1ccc(C#N)cc1)C32. The van der Waals surface area contributed by atoms with Crippen LogP contribution in [0.2, 0.25) is 0 Å². The maximum absolute atomic E-state index is 15.5. The number of nitrogens with zero attached hydrogens (tertiary/aromatic N) is 3. The Morgan fingerprint density at radius 3 is 2.34 bits per heavy atom. The number of fused-ring (bicyclic) bond motifs is 3. The molecule has 4 aromatic carbocycles. The van der Waals surface area contributed by atoms with Crippen molar-refractivity contribution in [2.45, 2.75) is 109 Å². The van der Waals surface area contributed by atoms with E-state index in [1.54, 1.807) is 30.3 Å². The molecule has 0 aromatic heterocycles. The first-order chi connectivity index (χ1) is 32.4. The van der Waals surface area contributed by atoms with Crippen molar-refractivity contribution < 1.29 is 43.5 Å². The van der Waals surface area contributed by atoms with E-state index in [4.69, 9.17) is 33.7 Å². The van der Waals surface area contributed by atoms with Gasteiger partial charge in [-0.25, -0.2) is 0 Å². The molecule has 8 rings (SSSR count). The van der Waals surface area contributed by atoms with Gasteiger partial charge in [-0.15, -0.1) is 6.58 Å². The molecule has 0 spiro atoms. The first kappa shape index (κ1) is 47.4. The van der Waals surface area contributed by atoms with Gasteiger partial charge in [0.2, 0.25) is 12.6 Å². The lowest BCUT2D eigenvalue weighted by atomic mass is 9.55. The van der Waals surface area contributed by atoms with E-state index < -0.39 is 23.3 Å². The van der Waals surface area contributed by atoms with Gasteiger partial charge in [0.25, 0.3) is 5.91 Å². The molecule has 67 heavy (non-hydrogen) atoms. The number of ether oxygens (including phenoxy) is 5. The Morgan fingerprint density at radius 1 is 0.910 bits per heavy atom. The van der Waals surface area contributed by atoms with Crippen LogP contribution in [-0.2, 0) is 16.1 Å². The van der Waals surface area contributed by atoms with Gasteiger partial charge in [-0.2, -0.15) is 5.26 Å². The maximum Gasteiger partial charge on any atom is 0.254 e. The Bertz CT molecular complexity index is 2540. The van der Waals surface area contributed by atoms with Crippen LogP contribution >= 0.6 is 0 Å². The van der Waals surface area contributed by atoms with Crippen molar-refractivity contribution in [2.75, 3.05) is 26.6 Å². The van der Waals surface area contributed by atoms with Crippen LogP contribution in [-0.4, -0.2) is 70.8 Å². The summed E-state index contributed by atoms with van der Waals surface area (Å²) in [4.78, 5) is 23.7. The normalized spacial score (nSPS) is 23.0. The van der Waals surface area contributed by atoms with Gasteiger partial charge in [-0.05, 0) is 161 Å². The number of oxime groups is 1. The van der Waals surface area contributed by atoms with E-state index in [-0.39, 0.29) is 63.2 Å². The number of allylic oxidation sites excluding steroid dienone is 1. The predicted molar refractivity (Wildman–Crippen MR) is 255 cm³/mol. The van der Waals surface area contributed by atoms with Gasteiger partial charge in [-0.3, -0.25) is 4.79 Å². The number of amides is 1. The molecule has 4 aliphatic rings. The first-order valence-corrected chi connectivity index (χ1v) is 23.6. The van der Waals surface area contributed by atoms with Crippen LogP contribution in [0, 0.1) is 42.9 Å². The molecule has 0 radical (unpaired) electrons. The van der Waals surface area contributed by atoms with E-state index in [1.807, 2.05) is 68.1 Å². The molecule has 1 fully saturated rings. The third kappa shape index (κ3) is 10.1. The summed E-state index contributed by atoms with van der Waals surface area (Å²) < 4.78 is 32.9. The number of carbonyl (C=O) groups excluding carboxylic acids is 1. The molecule has 6 atom stereocenters. The Balaban J connectivity index is 1.37. The number of nitriles is 1. The number of rotatable bonds is 18. The molecule has 0 saturated heterocycles. The molecular weight excluding hydrogens is 847 g/mol. The van der Waals surface area contributed by atoms with E-state index in [9.17, 15) is 15.5 Å². The minimum atomic E-state index is -1.50. The number of benzene rings is 4. The Kier molecular flexibility index (Phi) is 14.4. The highest BCUT2D eigenvalue weighted by Crippen LogP contribution is 2.62. The number of aryl methyl sites for hydroxylation is 2. The Hall–Kier alpha value is -6.13. The van der Waals surface area contributed by atoms with E-state index in [2.05, 4.69) is 44.7 Å². The molecule has 0 bridgehead atoms. The van der Waals surface area contributed by atoms with Crippen molar-refractivity contribution in [3.8, 4) is 34.8 Å². The molecule has 352 valence electrons. The zero-order chi connectivity index (χ0) is 47.3. The van der Waals surface area contributed by atoms with Gasteiger partial charge in [0, 0.05) is 43.2 Å². The second kappa shape index (κ2) is 20.4. The summed E-state index contributed by atoms with van der Waals surface area (Å²) in [5, 5.41) is 34.8. The topological polar surface area (TPSA) is 152 Å². The fourth-order valence-electron chi connectivity index (χ4n) is 10.2. The lowest BCUT2D eigenvalue weighted by Gasteiger charge is -2.60. The summed E-state index contributed by atoms with van der Waals surface area (Å²) in [6.07, 6.45) is 8.75. The van der Waals surface area contributed by atoms with Crippen molar-refractivity contribution in [1.82, 2.24) is 4.90 Å². The lowest BCUT2D eigenvalue weighted by Crippen LogP contribution is -2.70. The highest BCUT2D eigenvalue weighted by Gasteiger charge is 2.65. The predicted octanol–water partition coefficient (Wildman–Crippen LogP) is 10.5. The lowest BCUT2D eigenvalue weighted by molar-refractivity contribution is -0.255. The van der Waals surface area contributed by atoms with Gasteiger partial charge < -0.3 is 43.6 Å². The average Bonchev–Trinajstić information content (AvgIpc) is 3.80. The molecule has 12 nitrogen and oxygen atoms in total. The zero-order valence-corrected chi connectivity index (χ0v) is 39.3. The fraction of sp³-hybridized carbons (Fsp3) is 0.436. The summed E-state index contributed by atoms with van der Waals surface area (Å²) in [7, 11) is 0. The number of hydrogen-bond acceptors (Lipinski definition) is 11. The van der Waals surface area contributed by atoms with Crippen LogP contribution in [0.15, 0.2) is 108 Å². The molecular formula is C55H63N3O9. The highest BCUT2D eigenvalue weighted by molar-refractivity contribution is 6.03. The molecule has 1 saturated carbocycles. The largest absolute Gasteiger partial charge is 0.459 e. The van der Waals surface area contributed by atoms with Gasteiger partial charge >= 0.3 is 0 Å². The average molecular weight is 910 g/mol. The van der Waals surface area contributed by atoms with Gasteiger partial charge in [0.15, 0.2) is 11.5 Å². The second-order valence-electron chi connectivity index (χ2n) is 19.1. The van der Waals surface area contributed by atoms with Crippen molar-refractivity contribution in [3.63, 3.8) is 0 Å². The van der Waals surface area contributed by atoms with Gasteiger partial charge in [-0.1, -0.05) is 42.3 Å². The van der Waals surface area contributed by atoms with Crippen molar-refractivity contribution >= 4 is 11.6 Å². The number of hydrogen-bond donors (Lipinski definition) is 2. The van der Waals surface area contributed by atoms with Crippen molar-refractivity contribution in [2.24, 2.45) is 22.9 Å². The summed E-state index contributed by atoms with van der Waals surface area (Å²) in [5.74, 6) is 0.698. The molecule has 2 aliphatic heterocycles. The highest BCUT2D eigenvalue weighted by atomic mass is 16.7. The summed E-state index contributed by atoms with van der Waals surface area (Å²) in [5.41, 5.74) is 5.85. The number of aliphatic hydroxyl groups excluding tert-OH is 2. The fourth-order valence-corrected chi connectivity index (χ4v) is 10.2. The number of aliphatic hydroxyl groups is 2. The smallest absolute Gasteiger partial charge is 0.254 e. The summed E-state index contributed by atoms with van der Waals surface area (Å²) in [6.45, 7) is 14.6. The molecule has 4 aromatic rings. The quantitative estimate of drug-likeness (QED) is 0.0560. The maximum atomic E-state index is 15.5. The standard InChI is InChI=1S/C55H63N3O9/c1-7-26-64-55-50(58(53(61)39-18-15-37(32-56)16-19-39)33-38-17-22-48-49(28-38)63-34-62-48)31-46(57-67-54(4,5)6)44-29-40(12-8-10-24-59)43(13-9-11-25-60)51(52(44)55)45-30-42(21-23-47(45)66-55)65-41-20-14-35(2)36(3)27-41/h7,14-23,27-30,40,43,50-52,59-60H,1,8-13,24-26,31,33-34H2,2-6H3. The van der Waals surface area contributed by atoms with Gasteiger partial charge in [0.1, 0.15) is 28.9 Å².